The number of carbonyl (C=O) groups is 1. The minimum absolute atomic E-state index is 0.0663. The summed E-state index contributed by atoms with van der Waals surface area (Å²) < 4.78 is 40.5. The van der Waals surface area contributed by atoms with E-state index in [4.69, 9.17) is 0 Å². The smallest absolute Gasteiger partial charge is 0.352 e. The number of anilines is 1. The zero-order valence-electron chi connectivity index (χ0n) is 15.6. The van der Waals surface area contributed by atoms with Crippen molar-refractivity contribution < 1.29 is 18.0 Å². The van der Waals surface area contributed by atoms with Gasteiger partial charge in [-0.25, -0.2) is 0 Å². The monoisotopic (exact) mass is 403 g/mol. The number of carbonyl (C=O) groups excluding carboxylic acids is 1. The first-order valence-corrected chi connectivity index (χ1v) is 9.40. The Hall–Kier alpha value is -3.10. The second-order valence-electron chi connectivity index (χ2n) is 7.13. The van der Waals surface area contributed by atoms with E-state index in [0.29, 0.717) is 31.2 Å². The third-order valence-corrected chi connectivity index (χ3v) is 5.10. The molecule has 9 heteroatoms. The number of nitrogens with zero attached hydrogens (tertiary/aromatic N) is 4. The molecular formula is C20H20F3N5O. The largest absolute Gasteiger partial charge is 0.417 e. The van der Waals surface area contributed by atoms with Gasteiger partial charge in [0, 0.05) is 25.8 Å². The molecule has 3 aromatic rings. The predicted molar refractivity (Wildman–Crippen MR) is 101 cm³/mol. The first-order valence-electron chi connectivity index (χ1n) is 9.40. The van der Waals surface area contributed by atoms with Crippen LogP contribution in [0.25, 0.3) is 5.65 Å². The fraction of sp³-hybridized carbons (Fsp3) is 0.350. The molecule has 3 heterocycles. The minimum atomic E-state index is -4.45. The number of pyridine rings is 1. The van der Waals surface area contributed by atoms with Gasteiger partial charge in [-0.2, -0.15) is 13.2 Å². The summed E-state index contributed by atoms with van der Waals surface area (Å²) in [5.41, 5.74) is 0.584. The summed E-state index contributed by atoms with van der Waals surface area (Å²) in [5.74, 6) is 0.000579. The number of halogens is 3. The Morgan fingerprint density at radius 2 is 1.93 bits per heavy atom. The van der Waals surface area contributed by atoms with Gasteiger partial charge in [-0.3, -0.25) is 9.20 Å². The van der Waals surface area contributed by atoms with E-state index in [0.717, 1.165) is 30.7 Å². The fourth-order valence-corrected chi connectivity index (χ4v) is 3.56. The molecule has 1 saturated heterocycles. The molecule has 0 radical (unpaired) electrons. The number of hydrogen-bond acceptors (Lipinski definition) is 4. The molecular weight excluding hydrogens is 383 g/mol. The maximum absolute atomic E-state index is 13.1. The molecule has 0 aliphatic carbocycles. The third kappa shape index (κ3) is 4.18. The number of benzene rings is 1. The van der Waals surface area contributed by atoms with Crippen molar-refractivity contribution in [2.24, 2.45) is 5.92 Å². The number of hydrogen-bond donors (Lipinski definition) is 1. The Bertz CT molecular complexity index is 1000. The lowest BCUT2D eigenvalue weighted by Gasteiger charge is -2.32. The van der Waals surface area contributed by atoms with Crippen molar-refractivity contribution in [2.45, 2.75) is 25.6 Å². The van der Waals surface area contributed by atoms with E-state index in [1.807, 2.05) is 35.2 Å². The Morgan fingerprint density at radius 1 is 1.14 bits per heavy atom. The third-order valence-electron chi connectivity index (χ3n) is 5.10. The molecule has 29 heavy (non-hydrogen) atoms. The van der Waals surface area contributed by atoms with E-state index in [1.165, 1.54) is 10.5 Å². The van der Waals surface area contributed by atoms with E-state index in [1.54, 1.807) is 0 Å². The van der Waals surface area contributed by atoms with Crippen LogP contribution < -0.4 is 10.2 Å². The van der Waals surface area contributed by atoms with Crippen LogP contribution >= 0.6 is 0 Å². The lowest BCUT2D eigenvalue weighted by molar-refractivity contribution is -0.137. The first kappa shape index (κ1) is 19.2. The highest BCUT2D eigenvalue weighted by Crippen LogP contribution is 2.30. The van der Waals surface area contributed by atoms with Crippen LogP contribution in [0, 0.1) is 5.92 Å². The molecule has 0 saturated carbocycles. The number of piperidine rings is 1. The van der Waals surface area contributed by atoms with Crippen molar-refractivity contribution in [3.05, 3.63) is 59.8 Å². The van der Waals surface area contributed by atoms with Crippen LogP contribution in [-0.2, 0) is 17.5 Å². The summed E-state index contributed by atoms with van der Waals surface area (Å²) in [6.45, 7) is 1.44. The van der Waals surface area contributed by atoms with Crippen LogP contribution in [0.5, 0.6) is 0 Å². The highest BCUT2D eigenvalue weighted by Gasteiger charge is 2.32. The molecule has 1 fully saturated rings. The van der Waals surface area contributed by atoms with Gasteiger partial charge in [-0.1, -0.05) is 30.3 Å². The van der Waals surface area contributed by atoms with Gasteiger partial charge in [-0.15, -0.1) is 10.2 Å². The van der Waals surface area contributed by atoms with Gasteiger partial charge in [0.15, 0.2) is 5.65 Å². The van der Waals surface area contributed by atoms with Crippen molar-refractivity contribution in [3.8, 4) is 0 Å². The van der Waals surface area contributed by atoms with Crippen molar-refractivity contribution >= 4 is 17.5 Å². The van der Waals surface area contributed by atoms with Crippen LogP contribution in [0.2, 0.25) is 0 Å². The van der Waals surface area contributed by atoms with Gasteiger partial charge >= 0.3 is 6.18 Å². The Kier molecular flexibility index (Phi) is 5.12. The van der Waals surface area contributed by atoms with Crippen molar-refractivity contribution in [3.63, 3.8) is 0 Å². The lowest BCUT2D eigenvalue weighted by atomic mass is 9.97. The summed E-state index contributed by atoms with van der Waals surface area (Å²) in [4.78, 5) is 14.4. The average Bonchev–Trinajstić information content (AvgIpc) is 3.15. The number of rotatable bonds is 4. The minimum Gasteiger partial charge on any atom is -0.352 e. The molecule has 0 unspecified atom stereocenters. The molecule has 152 valence electrons. The highest BCUT2D eigenvalue weighted by molar-refractivity contribution is 5.79. The van der Waals surface area contributed by atoms with E-state index >= 15 is 0 Å². The molecule has 4 rings (SSSR count). The fourth-order valence-electron chi connectivity index (χ4n) is 3.56. The molecule has 0 spiro atoms. The van der Waals surface area contributed by atoms with Gasteiger partial charge in [0.2, 0.25) is 11.9 Å². The quantitative estimate of drug-likeness (QED) is 0.726. The zero-order valence-corrected chi connectivity index (χ0v) is 15.6. The Balaban J connectivity index is 1.49. The average molecular weight is 403 g/mol. The summed E-state index contributed by atoms with van der Waals surface area (Å²) in [6.07, 6.45) is -1.97. The summed E-state index contributed by atoms with van der Waals surface area (Å²) in [6, 6.07) is 11.9. The van der Waals surface area contributed by atoms with Crippen molar-refractivity contribution in [2.75, 3.05) is 18.0 Å². The maximum atomic E-state index is 13.1. The van der Waals surface area contributed by atoms with Crippen LogP contribution in [0.3, 0.4) is 0 Å². The SMILES string of the molecule is O=C(NCc1ccccc1)[C@@H]1CCCN(c2nnc3ccc(C(F)(F)F)cn23)C1. The molecule has 1 aromatic carbocycles. The van der Waals surface area contributed by atoms with Crippen molar-refractivity contribution in [1.29, 1.82) is 0 Å². The topological polar surface area (TPSA) is 62.5 Å². The van der Waals surface area contributed by atoms with Crippen LogP contribution in [-0.4, -0.2) is 33.6 Å². The Morgan fingerprint density at radius 3 is 2.69 bits per heavy atom. The van der Waals surface area contributed by atoms with Crippen LogP contribution in [0.4, 0.5) is 19.1 Å². The molecule has 1 N–H and O–H groups in total. The normalized spacial score (nSPS) is 17.5. The maximum Gasteiger partial charge on any atom is 0.417 e. The van der Waals surface area contributed by atoms with Crippen molar-refractivity contribution in [1.82, 2.24) is 19.9 Å². The Labute approximate surface area is 165 Å². The van der Waals surface area contributed by atoms with E-state index in [2.05, 4.69) is 15.5 Å². The molecule has 6 nitrogen and oxygen atoms in total. The number of fused-ring (bicyclic) bond motifs is 1. The molecule has 1 aliphatic heterocycles. The van der Waals surface area contributed by atoms with Gasteiger partial charge in [0.25, 0.3) is 0 Å². The highest BCUT2D eigenvalue weighted by atomic mass is 19.4. The van der Waals surface area contributed by atoms with E-state index in [9.17, 15) is 18.0 Å². The molecule has 2 aromatic heterocycles. The van der Waals surface area contributed by atoms with E-state index < -0.39 is 11.7 Å². The second-order valence-corrected chi connectivity index (χ2v) is 7.13. The second kappa shape index (κ2) is 7.73. The zero-order chi connectivity index (χ0) is 20.4. The number of aromatic nitrogens is 3. The first-order chi connectivity index (χ1) is 13.9. The molecule has 1 aliphatic rings. The van der Waals surface area contributed by atoms with Gasteiger partial charge < -0.3 is 10.2 Å². The van der Waals surface area contributed by atoms with Crippen LogP contribution in [0.15, 0.2) is 48.7 Å². The van der Waals surface area contributed by atoms with Gasteiger partial charge in [-0.05, 0) is 30.5 Å². The standard InChI is InChI=1S/C20H20F3N5O/c21-20(22,23)16-8-9-17-25-26-19(28(17)13-16)27-10-4-7-15(12-27)18(29)24-11-14-5-2-1-3-6-14/h1-3,5-6,8-9,13,15H,4,7,10-12H2,(H,24,29)/t15-/m1/s1. The number of alkyl halides is 3. The summed E-state index contributed by atoms with van der Waals surface area (Å²) in [7, 11) is 0. The summed E-state index contributed by atoms with van der Waals surface area (Å²) in [5, 5.41) is 11.0. The van der Waals surface area contributed by atoms with Gasteiger partial charge in [0.05, 0.1) is 11.5 Å². The van der Waals surface area contributed by atoms with E-state index in [-0.39, 0.29) is 11.8 Å². The van der Waals surface area contributed by atoms with Gasteiger partial charge in [0.1, 0.15) is 0 Å². The summed E-state index contributed by atoms with van der Waals surface area (Å²) >= 11 is 0. The number of nitrogens with one attached hydrogen (secondary N) is 1. The molecule has 1 amide bonds. The number of amides is 1. The molecule has 1 atom stereocenters. The van der Waals surface area contributed by atoms with Crippen LogP contribution in [0.1, 0.15) is 24.0 Å². The predicted octanol–water partition coefficient (Wildman–Crippen LogP) is 3.28. The molecule has 0 bridgehead atoms. The lowest BCUT2D eigenvalue weighted by Crippen LogP contribution is -2.43.